The molecule has 1 aromatic rings. The standard InChI is InChI=1S/C15H22N2O/c1-11(2)17-15(18)13-7-5-12(6-8-13)14-4-3-9-16-10-14/h5-8,11,14,16H,3-4,9-10H2,1-2H3,(H,17,18). The molecule has 3 nitrogen and oxygen atoms in total. The molecule has 2 rings (SSSR count). The van der Waals surface area contributed by atoms with Gasteiger partial charge in [0.25, 0.3) is 5.91 Å². The summed E-state index contributed by atoms with van der Waals surface area (Å²) >= 11 is 0. The molecule has 98 valence electrons. The van der Waals surface area contributed by atoms with E-state index in [2.05, 4.69) is 22.8 Å². The Balaban J connectivity index is 2.02. The lowest BCUT2D eigenvalue weighted by molar-refractivity contribution is 0.0943. The van der Waals surface area contributed by atoms with Crippen LogP contribution < -0.4 is 10.6 Å². The van der Waals surface area contributed by atoms with E-state index < -0.39 is 0 Å². The van der Waals surface area contributed by atoms with E-state index in [-0.39, 0.29) is 11.9 Å². The van der Waals surface area contributed by atoms with Gasteiger partial charge in [0.15, 0.2) is 0 Å². The number of carbonyl (C=O) groups excluding carboxylic acids is 1. The fraction of sp³-hybridized carbons (Fsp3) is 0.533. The van der Waals surface area contributed by atoms with Gasteiger partial charge in [0.2, 0.25) is 0 Å². The van der Waals surface area contributed by atoms with Crippen LogP contribution in [0.5, 0.6) is 0 Å². The maximum atomic E-state index is 11.8. The van der Waals surface area contributed by atoms with Gasteiger partial charge in [-0.2, -0.15) is 0 Å². The zero-order valence-corrected chi connectivity index (χ0v) is 11.2. The molecule has 1 saturated heterocycles. The second-order valence-electron chi connectivity index (χ2n) is 5.29. The minimum Gasteiger partial charge on any atom is -0.350 e. The Morgan fingerprint density at radius 2 is 2.06 bits per heavy atom. The van der Waals surface area contributed by atoms with E-state index in [0.717, 1.165) is 18.7 Å². The predicted octanol–water partition coefficient (Wildman–Crippen LogP) is 2.29. The maximum absolute atomic E-state index is 11.8. The van der Waals surface area contributed by atoms with Gasteiger partial charge in [0, 0.05) is 18.2 Å². The topological polar surface area (TPSA) is 41.1 Å². The molecule has 0 radical (unpaired) electrons. The molecule has 1 aliphatic rings. The summed E-state index contributed by atoms with van der Waals surface area (Å²) in [6, 6.07) is 8.23. The molecule has 1 aromatic carbocycles. The molecule has 0 bridgehead atoms. The number of rotatable bonds is 3. The van der Waals surface area contributed by atoms with Crippen molar-refractivity contribution in [1.82, 2.24) is 10.6 Å². The molecule has 1 aliphatic heterocycles. The van der Waals surface area contributed by atoms with E-state index in [1.54, 1.807) is 0 Å². The fourth-order valence-electron chi connectivity index (χ4n) is 2.39. The van der Waals surface area contributed by atoms with Gasteiger partial charge in [-0.05, 0) is 56.8 Å². The lowest BCUT2D eigenvalue weighted by Gasteiger charge is -2.23. The minimum absolute atomic E-state index is 0.0123. The summed E-state index contributed by atoms with van der Waals surface area (Å²) in [4.78, 5) is 11.8. The Labute approximate surface area is 109 Å². The molecule has 2 N–H and O–H groups in total. The Kier molecular flexibility index (Phi) is 4.37. The molecule has 0 spiro atoms. The van der Waals surface area contributed by atoms with E-state index in [1.165, 1.54) is 18.4 Å². The third kappa shape index (κ3) is 3.33. The highest BCUT2D eigenvalue weighted by Crippen LogP contribution is 2.23. The summed E-state index contributed by atoms with van der Waals surface area (Å²) in [5.74, 6) is 0.610. The molecule has 1 amide bonds. The first-order valence-corrected chi connectivity index (χ1v) is 6.78. The van der Waals surface area contributed by atoms with E-state index in [4.69, 9.17) is 0 Å². The van der Waals surface area contributed by atoms with Crippen molar-refractivity contribution in [2.45, 2.75) is 38.6 Å². The number of amides is 1. The zero-order valence-electron chi connectivity index (χ0n) is 11.2. The normalized spacial score (nSPS) is 19.8. The molecule has 1 heterocycles. The second kappa shape index (κ2) is 6.01. The number of hydrogen-bond donors (Lipinski definition) is 2. The van der Waals surface area contributed by atoms with Crippen LogP contribution in [0.15, 0.2) is 24.3 Å². The van der Waals surface area contributed by atoms with Crippen molar-refractivity contribution >= 4 is 5.91 Å². The first-order chi connectivity index (χ1) is 8.66. The van der Waals surface area contributed by atoms with Gasteiger partial charge < -0.3 is 10.6 Å². The van der Waals surface area contributed by atoms with Crippen LogP contribution >= 0.6 is 0 Å². The van der Waals surface area contributed by atoms with Crippen LogP contribution in [-0.2, 0) is 0 Å². The first kappa shape index (κ1) is 13.1. The second-order valence-corrected chi connectivity index (χ2v) is 5.29. The van der Waals surface area contributed by atoms with Crippen LogP contribution in [0.4, 0.5) is 0 Å². The minimum atomic E-state index is 0.0123. The Hall–Kier alpha value is -1.35. The average molecular weight is 246 g/mol. The molecule has 1 fully saturated rings. The van der Waals surface area contributed by atoms with Crippen LogP contribution in [0.1, 0.15) is 48.5 Å². The Morgan fingerprint density at radius 3 is 2.61 bits per heavy atom. The lowest BCUT2D eigenvalue weighted by Crippen LogP contribution is -2.30. The Bertz CT molecular complexity index is 391. The number of nitrogens with one attached hydrogen (secondary N) is 2. The number of benzene rings is 1. The molecule has 3 heteroatoms. The summed E-state index contributed by atoms with van der Waals surface area (Å²) in [7, 11) is 0. The van der Waals surface area contributed by atoms with Gasteiger partial charge >= 0.3 is 0 Å². The van der Waals surface area contributed by atoms with Crippen LogP contribution in [0.2, 0.25) is 0 Å². The van der Waals surface area contributed by atoms with E-state index >= 15 is 0 Å². The lowest BCUT2D eigenvalue weighted by atomic mass is 9.91. The molecular weight excluding hydrogens is 224 g/mol. The molecule has 0 saturated carbocycles. The van der Waals surface area contributed by atoms with Gasteiger partial charge in [0.05, 0.1) is 0 Å². The third-order valence-corrected chi connectivity index (χ3v) is 3.36. The highest BCUT2D eigenvalue weighted by Gasteiger charge is 2.15. The molecule has 0 aromatic heterocycles. The molecular formula is C15H22N2O. The number of carbonyl (C=O) groups is 1. The smallest absolute Gasteiger partial charge is 0.251 e. The largest absolute Gasteiger partial charge is 0.350 e. The highest BCUT2D eigenvalue weighted by molar-refractivity contribution is 5.94. The van der Waals surface area contributed by atoms with E-state index in [0.29, 0.717) is 5.92 Å². The van der Waals surface area contributed by atoms with Crippen LogP contribution in [-0.4, -0.2) is 25.0 Å². The van der Waals surface area contributed by atoms with Crippen molar-refractivity contribution in [3.05, 3.63) is 35.4 Å². The highest BCUT2D eigenvalue weighted by atomic mass is 16.1. The van der Waals surface area contributed by atoms with Crippen molar-refractivity contribution in [3.8, 4) is 0 Å². The monoisotopic (exact) mass is 246 g/mol. The van der Waals surface area contributed by atoms with E-state index in [1.807, 2.05) is 26.0 Å². The van der Waals surface area contributed by atoms with E-state index in [9.17, 15) is 4.79 Å². The van der Waals surface area contributed by atoms with Crippen molar-refractivity contribution in [2.24, 2.45) is 0 Å². The van der Waals surface area contributed by atoms with Crippen LogP contribution in [0, 0.1) is 0 Å². The molecule has 0 aliphatic carbocycles. The zero-order chi connectivity index (χ0) is 13.0. The third-order valence-electron chi connectivity index (χ3n) is 3.36. The number of hydrogen-bond acceptors (Lipinski definition) is 2. The predicted molar refractivity (Wildman–Crippen MR) is 73.9 cm³/mol. The summed E-state index contributed by atoms with van der Waals surface area (Å²) in [5, 5.41) is 6.32. The van der Waals surface area contributed by atoms with Crippen molar-refractivity contribution in [2.75, 3.05) is 13.1 Å². The molecule has 1 atom stereocenters. The average Bonchev–Trinajstić information content (AvgIpc) is 2.39. The quantitative estimate of drug-likeness (QED) is 0.859. The van der Waals surface area contributed by atoms with Crippen LogP contribution in [0.25, 0.3) is 0 Å². The SMILES string of the molecule is CC(C)NC(=O)c1ccc(C2CCCNC2)cc1. The van der Waals surface area contributed by atoms with Gasteiger partial charge in [-0.15, -0.1) is 0 Å². The summed E-state index contributed by atoms with van der Waals surface area (Å²) in [6.07, 6.45) is 2.48. The van der Waals surface area contributed by atoms with Gasteiger partial charge in [0.1, 0.15) is 0 Å². The summed E-state index contributed by atoms with van der Waals surface area (Å²) < 4.78 is 0. The maximum Gasteiger partial charge on any atom is 0.251 e. The van der Waals surface area contributed by atoms with Crippen molar-refractivity contribution in [1.29, 1.82) is 0 Å². The molecule has 1 unspecified atom stereocenters. The van der Waals surface area contributed by atoms with Gasteiger partial charge in [-0.3, -0.25) is 4.79 Å². The Morgan fingerprint density at radius 1 is 1.33 bits per heavy atom. The summed E-state index contributed by atoms with van der Waals surface area (Å²) in [5.41, 5.74) is 2.08. The molecule has 18 heavy (non-hydrogen) atoms. The van der Waals surface area contributed by atoms with Crippen molar-refractivity contribution in [3.63, 3.8) is 0 Å². The fourth-order valence-corrected chi connectivity index (χ4v) is 2.39. The van der Waals surface area contributed by atoms with Crippen molar-refractivity contribution < 1.29 is 4.79 Å². The van der Waals surface area contributed by atoms with Crippen LogP contribution in [0.3, 0.4) is 0 Å². The van der Waals surface area contributed by atoms with Gasteiger partial charge in [-0.25, -0.2) is 0 Å². The van der Waals surface area contributed by atoms with Gasteiger partial charge in [-0.1, -0.05) is 12.1 Å². The summed E-state index contributed by atoms with van der Waals surface area (Å²) in [6.45, 7) is 6.13. The number of piperidine rings is 1. The first-order valence-electron chi connectivity index (χ1n) is 6.78.